The number of rotatable bonds is 10. The average Bonchev–Trinajstić information content (AvgIpc) is 3.57. The molecule has 3 heterocycles. The van der Waals surface area contributed by atoms with E-state index in [0.717, 1.165) is 31.6 Å². The lowest BCUT2D eigenvalue weighted by Gasteiger charge is -2.36. The van der Waals surface area contributed by atoms with Crippen LogP contribution in [0.25, 0.3) is 10.9 Å². The zero-order chi connectivity index (χ0) is 34.6. The molecule has 3 atom stereocenters. The molecule has 4 N–H and O–H groups in total. The van der Waals surface area contributed by atoms with E-state index < -0.39 is 23.5 Å². The zero-order valence-electron chi connectivity index (χ0n) is 29.6. The van der Waals surface area contributed by atoms with Gasteiger partial charge in [-0.05, 0) is 94.9 Å². The normalized spacial score (nSPS) is 18.3. The van der Waals surface area contributed by atoms with E-state index in [1.54, 1.807) is 31.0 Å². The Bertz CT molecular complexity index is 1620. The summed E-state index contributed by atoms with van der Waals surface area (Å²) < 4.78 is 5.65. The Morgan fingerprint density at radius 1 is 1.00 bits per heavy atom. The number of amides is 3. The minimum atomic E-state index is -0.798. The molecule has 2 aliphatic heterocycles. The highest BCUT2D eigenvalue weighted by Gasteiger charge is 2.42. The van der Waals surface area contributed by atoms with E-state index in [1.165, 1.54) is 19.0 Å². The summed E-state index contributed by atoms with van der Waals surface area (Å²) in [5, 5.41) is 13.0. The van der Waals surface area contributed by atoms with Crippen molar-refractivity contribution in [3.63, 3.8) is 0 Å². The molecule has 49 heavy (non-hydrogen) atoms. The van der Waals surface area contributed by atoms with E-state index in [1.807, 2.05) is 20.8 Å². The summed E-state index contributed by atoms with van der Waals surface area (Å²) in [7, 11) is 5.40. The first kappa shape index (κ1) is 37.8. The standard InChI is InChI=1S/C36H50N8O4.ClH/c1-22(37-5)33(45)42-31(36(2,3)4)35(47)44-16-8-9-29(44)34(46)41-28-19-26-27(20-30(28)48-7)38-21-39-32(26)40-25-12-10-23(11-13-25)24-14-17-43(6)18-15-24;/h10-13,19-22,24,29,31,37H,8-9,14-18H2,1-7H3,(H,41,46)(H,42,45)(H,38,39,40);1H/t22-,29-,31+;/m0./s1. The van der Waals surface area contributed by atoms with Crippen LogP contribution in [0.15, 0.2) is 42.7 Å². The van der Waals surface area contributed by atoms with Gasteiger partial charge in [0.1, 0.15) is 30.0 Å². The zero-order valence-corrected chi connectivity index (χ0v) is 30.4. The third kappa shape index (κ3) is 8.78. The van der Waals surface area contributed by atoms with Gasteiger partial charge in [-0.25, -0.2) is 9.97 Å². The second-order valence-corrected chi connectivity index (χ2v) is 14.1. The minimum Gasteiger partial charge on any atom is -0.494 e. The van der Waals surface area contributed by atoms with Crippen molar-refractivity contribution in [2.75, 3.05) is 51.5 Å². The van der Waals surface area contributed by atoms with Gasteiger partial charge in [-0.1, -0.05) is 32.9 Å². The van der Waals surface area contributed by atoms with Crippen LogP contribution in [0.1, 0.15) is 64.9 Å². The summed E-state index contributed by atoms with van der Waals surface area (Å²) in [5.41, 5.74) is 2.79. The topological polar surface area (TPSA) is 141 Å². The highest BCUT2D eigenvalue weighted by molar-refractivity contribution is 6.03. The summed E-state index contributed by atoms with van der Waals surface area (Å²) in [6.07, 6.45) is 5.00. The number of benzene rings is 2. The Labute approximate surface area is 295 Å². The number of aromatic nitrogens is 2. The van der Waals surface area contributed by atoms with Gasteiger partial charge >= 0.3 is 0 Å². The number of methoxy groups -OCH3 is 1. The summed E-state index contributed by atoms with van der Waals surface area (Å²) in [6, 6.07) is 10.1. The number of hydrogen-bond donors (Lipinski definition) is 4. The lowest BCUT2D eigenvalue weighted by Crippen LogP contribution is -2.59. The number of halogens is 1. The van der Waals surface area contributed by atoms with E-state index in [0.29, 0.717) is 53.5 Å². The first-order valence-corrected chi connectivity index (χ1v) is 16.9. The third-order valence-electron chi connectivity index (χ3n) is 9.64. The highest BCUT2D eigenvalue weighted by atomic mass is 35.5. The Hall–Kier alpha value is -4.00. The lowest BCUT2D eigenvalue weighted by molar-refractivity contribution is -0.143. The van der Waals surface area contributed by atoms with Crippen molar-refractivity contribution in [2.45, 2.75) is 77.4 Å². The van der Waals surface area contributed by atoms with E-state index >= 15 is 0 Å². The van der Waals surface area contributed by atoms with Gasteiger partial charge in [0.2, 0.25) is 17.7 Å². The first-order valence-electron chi connectivity index (χ1n) is 16.9. The number of nitrogens with one attached hydrogen (secondary N) is 4. The van der Waals surface area contributed by atoms with Crippen LogP contribution in [-0.4, -0.2) is 96.5 Å². The second-order valence-electron chi connectivity index (χ2n) is 14.1. The first-order chi connectivity index (χ1) is 22.9. The SMILES string of the molecule is CN[C@@H](C)C(=O)N[C@H](C(=O)N1CCC[C@H]1C(=O)Nc1cc2c(Nc3ccc(C4CCN(C)CC4)cc3)ncnc2cc1OC)C(C)(C)C.Cl. The molecule has 13 heteroatoms. The third-order valence-corrected chi connectivity index (χ3v) is 9.64. The predicted molar refractivity (Wildman–Crippen MR) is 196 cm³/mol. The summed E-state index contributed by atoms with van der Waals surface area (Å²) in [4.78, 5) is 53.4. The molecule has 3 aromatic rings. The number of anilines is 3. The van der Waals surface area contributed by atoms with Crippen molar-refractivity contribution in [2.24, 2.45) is 5.41 Å². The van der Waals surface area contributed by atoms with E-state index in [4.69, 9.17) is 4.74 Å². The van der Waals surface area contributed by atoms with Gasteiger partial charge in [-0.2, -0.15) is 0 Å². The van der Waals surface area contributed by atoms with Crippen LogP contribution in [0, 0.1) is 5.41 Å². The Balaban J connectivity index is 0.00000541. The summed E-state index contributed by atoms with van der Waals surface area (Å²) >= 11 is 0. The van der Waals surface area contributed by atoms with Gasteiger partial charge in [0.05, 0.1) is 24.4 Å². The van der Waals surface area contributed by atoms with Crippen LogP contribution in [0.3, 0.4) is 0 Å². The molecule has 0 spiro atoms. The van der Waals surface area contributed by atoms with Crippen LogP contribution in [0.2, 0.25) is 0 Å². The fraction of sp³-hybridized carbons (Fsp3) is 0.528. The van der Waals surface area contributed by atoms with Crippen molar-refractivity contribution >= 4 is 58.2 Å². The smallest absolute Gasteiger partial charge is 0.247 e. The maximum atomic E-state index is 13.9. The maximum Gasteiger partial charge on any atom is 0.247 e. The molecular weight excluding hydrogens is 644 g/mol. The minimum absolute atomic E-state index is 0. The molecule has 2 aliphatic rings. The molecule has 2 saturated heterocycles. The van der Waals surface area contributed by atoms with Crippen LogP contribution in [0.4, 0.5) is 17.2 Å². The molecule has 1 aromatic heterocycles. The van der Waals surface area contributed by atoms with Crippen LogP contribution >= 0.6 is 12.4 Å². The van der Waals surface area contributed by atoms with E-state index in [-0.39, 0.29) is 30.1 Å². The van der Waals surface area contributed by atoms with Gasteiger partial charge in [0.15, 0.2) is 0 Å². The Kier molecular flexibility index (Phi) is 12.5. The number of carbonyl (C=O) groups excluding carboxylic acids is 3. The number of piperidine rings is 1. The molecule has 0 aliphatic carbocycles. The summed E-state index contributed by atoms with van der Waals surface area (Å²) in [5.74, 6) is 0.745. The number of hydrogen-bond acceptors (Lipinski definition) is 9. The monoisotopic (exact) mass is 694 g/mol. The van der Waals surface area contributed by atoms with Gasteiger partial charge in [0.25, 0.3) is 0 Å². The number of nitrogens with zero attached hydrogens (tertiary/aromatic N) is 4. The van der Waals surface area contributed by atoms with Crippen molar-refractivity contribution < 1.29 is 19.1 Å². The van der Waals surface area contributed by atoms with Gasteiger partial charge in [-0.15, -0.1) is 12.4 Å². The summed E-state index contributed by atoms with van der Waals surface area (Å²) in [6.45, 7) is 10.1. The van der Waals surface area contributed by atoms with Gasteiger partial charge < -0.3 is 35.8 Å². The lowest BCUT2D eigenvalue weighted by atomic mass is 9.85. The van der Waals surface area contributed by atoms with Crippen molar-refractivity contribution in [1.82, 2.24) is 30.4 Å². The largest absolute Gasteiger partial charge is 0.494 e. The van der Waals surface area contributed by atoms with E-state index in [2.05, 4.69) is 67.4 Å². The van der Waals surface area contributed by atoms with Crippen molar-refractivity contribution in [3.05, 3.63) is 48.3 Å². The Morgan fingerprint density at radius 3 is 2.33 bits per heavy atom. The van der Waals surface area contributed by atoms with Crippen molar-refractivity contribution in [3.8, 4) is 5.75 Å². The molecule has 0 bridgehead atoms. The van der Waals surface area contributed by atoms with Crippen LogP contribution in [0.5, 0.6) is 5.75 Å². The number of carbonyl (C=O) groups is 3. The number of likely N-dealkylation sites (tertiary alicyclic amines) is 2. The fourth-order valence-corrected chi connectivity index (χ4v) is 6.50. The van der Waals surface area contributed by atoms with Crippen LogP contribution < -0.4 is 26.0 Å². The molecule has 0 saturated carbocycles. The maximum absolute atomic E-state index is 13.9. The molecule has 2 aromatic carbocycles. The second kappa shape index (κ2) is 16.1. The quantitative estimate of drug-likeness (QED) is 0.238. The molecule has 266 valence electrons. The van der Waals surface area contributed by atoms with Crippen molar-refractivity contribution in [1.29, 1.82) is 0 Å². The number of likely N-dealkylation sites (N-methyl/N-ethyl adjacent to an activating group) is 1. The molecule has 0 unspecified atom stereocenters. The molecule has 12 nitrogen and oxygen atoms in total. The predicted octanol–water partition coefficient (Wildman–Crippen LogP) is 4.68. The number of ether oxygens (including phenoxy) is 1. The molecule has 2 fully saturated rings. The molecule has 0 radical (unpaired) electrons. The molecule has 3 amide bonds. The van der Waals surface area contributed by atoms with E-state index in [9.17, 15) is 14.4 Å². The number of fused-ring (bicyclic) bond motifs is 1. The van der Waals surface area contributed by atoms with Crippen LogP contribution in [-0.2, 0) is 14.4 Å². The highest BCUT2D eigenvalue weighted by Crippen LogP contribution is 2.35. The Morgan fingerprint density at radius 2 is 1.69 bits per heavy atom. The molecule has 5 rings (SSSR count). The van der Waals surface area contributed by atoms with Gasteiger partial charge in [-0.3, -0.25) is 14.4 Å². The molecular formula is C36H51ClN8O4. The average molecular weight is 695 g/mol. The fourth-order valence-electron chi connectivity index (χ4n) is 6.50. The van der Waals surface area contributed by atoms with Gasteiger partial charge in [0, 0.05) is 23.7 Å².